The van der Waals surface area contributed by atoms with Crippen LogP contribution in [0.4, 0.5) is 5.69 Å². The third-order valence-corrected chi connectivity index (χ3v) is 5.66. The number of anilines is 1. The van der Waals surface area contributed by atoms with Crippen LogP contribution >= 0.6 is 0 Å². The van der Waals surface area contributed by atoms with Crippen LogP contribution in [0, 0.1) is 13.8 Å². The predicted molar refractivity (Wildman–Crippen MR) is 113 cm³/mol. The fourth-order valence-electron chi connectivity index (χ4n) is 4.06. The van der Waals surface area contributed by atoms with Crippen LogP contribution in [0.25, 0.3) is 0 Å². The van der Waals surface area contributed by atoms with Gasteiger partial charge in [-0.1, -0.05) is 26.0 Å². The Kier molecular flexibility index (Phi) is 5.92. The van der Waals surface area contributed by atoms with Crippen molar-refractivity contribution in [2.75, 3.05) is 18.4 Å². The molecule has 5 heteroatoms. The van der Waals surface area contributed by atoms with Crippen LogP contribution in [-0.2, 0) is 0 Å². The summed E-state index contributed by atoms with van der Waals surface area (Å²) in [6.07, 6.45) is 2.01. The van der Waals surface area contributed by atoms with Gasteiger partial charge < -0.3 is 15.2 Å². The summed E-state index contributed by atoms with van der Waals surface area (Å²) in [5, 5.41) is 3.58. The van der Waals surface area contributed by atoms with Crippen molar-refractivity contribution in [1.29, 1.82) is 0 Å². The third kappa shape index (κ3) is 4.13. The molecule has 1 saturated heterocycles. The zero-order chi connectivity index (χ0) is 20.4. The van der Waals surface area contributed by atoms with Crippen LogP contribution in [0.1, 0.15) is 77.2 Å². The lowest BCUT2D eigenvalue weighted by Crippen LogP contribution is -2.45. The number of Topliss-reactive ketones (excluding diaryl/α,β-unsaturated/α-hetero) is 1. The Labute approximate surface area is 167 Å². The molecule has 0 aliphatic carbocycles. The Hall–Kier alpha value is -2.56. The largest absolute Gasteiger partial charge is 0.381 e. The molecule has 0 radical (unpaired) electrons. The number of benzene rings is 1. The van der Waals surface area contributed by atoms with E-state index in [1.54, 1.807) is 0 Å². The molecule has 2 aromatic rings. The van der Waals surface area contributed by atoms with Gasteiger partial charge in [-0.3, -0.25) is 9.59 Å². The number of hydrogen-bond donors (Lipinski definition) is 2. The van der Waals surface area contributed by atoms with Crippen LogP contribution in [0.2, 0.25) is 0 Å². The molecular formula is C23H31N3O2. The van der Waals surface area contributed by atoms with E-state index in [9.17, 15) is 9.59 Å². The average molecular weight is 382 g/mol. The molecule has 1 aromatic carbocycles. The van der Waals surface area contributed by atoms with Gasteiger partial charge in [-0.2, -0.15) is 0 Å². The molecule has 1 amide bonds. The molecular weight excluding hydrogens is 350 g/mol. The summed E-state index contributed by atoms with van der Waals surface area (Å²) in [6.45, 7) is 11.0. The maximum absolute atomic E-state index is 13.2. The van der Waals surface area contributed by atoms with Gasteiger partial charge in [0.15, 0.2) is 5.78 Å². The van der Waals surface area contributed by atoms with E-state index in [2.05, 4.69) is 48.4 Å². The monoisotopic (exact) mass is 381 g/mol. The summed E-state index contributed by atoms with van der Waals surface area (Å²) in [5.41, 5.74) is 5.13. The number of amides is 1. The standard InChI is InChI=1S/C23H31N3O2/c1-14(2)18-8-10-19(11-9-18)25-20-7-6-12-26(13-20)23(28)21-15(3)22(17(5)27)24-16(21)4/h8-11,14,20,24-25H,6-7,12-13H2,1-5H3/t20-/m0/s1. The first-order valence-electron chi connectivity index (χ1n) is 10.1. The SMILES string of the molecule is CC(=O)c1[nH]c(C)c(C(=O)N2CCC[C@H](Nc3ccc(C(C)C)cc3)C2)c1C. The van der Waals surface area contributed by atoms with E-state index in [0.29, 0.717) is 23.7 Å². The number of ketones is 1. The summed E-state index contributed by atoms with van der Waals surface area (Å²) < 4.78 is 0. The first-order chi connectivity index (χ1) is 13.3. The van der Waals surface area contributed by atoms with Crippen LogP contribution < -0.4 is 5.32 Å². The summed E-state index contributed by atoms with van der Waals surface area (Å²) in [6, 6.07) is 8.79. The molecule has 28 heavy (non-hydrogen) atoms. The fraction of sp³-hybridized carbons (Fsp3) is 0.478. The van der Waals surface area contributed by atoms with Gasteiger partial charge in [-0.15, -0.1) is 0 Å². The highest BCUT2D eigenvalue weighted by Crippen LogP contribution is 2.24. The number of hydrogen-bond acceptors (Lipinski definition) is 3. The molecule has 1 fully saturated rings. The van der Waals surface area contributed by atoms with Crippen LogP contribution in [0.15, 0.2) is 24.3 Å². The maximum atomic E-state index is 13.2. The first kappa shape index (κ1) is 20.2. The van der Waals surface area contributed by atoms with Crippen molar-refractivity contribution < 1.29 is 9.59 Å². The zero-order valence-corrected chi connectivity index (χ0v) is 17.6. The predicted octanol–water partition coefficient (Wildman–Crippen LogP) is 4.67. The molecule has 2 heterocycles. The number of nitrogens with one attached hydrogen (secondary N) is 2. The molecule has 3 rings (SSSR count). The highest BCUT2D eigenvalue weighted by atomic mass is 16.2. The number of piperidine rings is 1. The van der Waals surface area contributed by atoms with E-state index in [0.717, 1.165) is 36.3 Å². The molecule has 0 spiro atoms. The molecule has 2 N–H and O–H groups in total. The topological polar surface area (TPSA) is 65.2 Å². The number of aromatic amines is 1. The van der Waals surface area contributed by atoms with Gasteiger partial charge in [0.2, 0.25) is 0 Å². The van der Waals surface area contributed by atoms with E-state index in [4.69, 9.17) is 0 Å². The Bertz CT molecular complexity index is 865. The van der Waals surface area contributed by atoms with Gasteiger partial charge in [0.05, 0.1) is 11.3 Å². The number of rotatable bonds is 5. The van der Waals surface area contributed by atoms with E-state index < -0.39 is 0 Å². The number of nitrogens with zero attached hydrogens (tertiary/aromatic N) is 1. The van der Waals surface area contributed by atoms with Gasteiger partial charge in [-0.05, 0) is 55.9 Å². The number of aryl methyl sites for hydroxylation is 1. The number of carbonyl (C=O) groups is 2. The molecule has 1 atom stereocenters. The van der Waals surface area contributed by atoms with Crippen molar-refractivity contribution in [1.82, 2.24) is 9.88 Å². The van der Waals surface area contributed by atoms with Crippen molar-refractivity contribution in [3.05, 3.63) is 52.3 Å². The minimum absolute atomic E-state index is 0.0143. The summed E-state index contributed by atoms with van der Waals surface area (Å²) >= 11 is 0. The fourth-order valence-corrected chi connectivity index (χ4v) is 4.06. The van der Waals surface area contributed by atoms with Crippen molar-refractivity contribution in [3.8, 4) is 0 Å². The number of likely N-dealkylation sites (tertiary alicyclic amines) is 1. The van der Waals surface area contributed by atoms with E-state index in [-0.39, 0.29) is 17.7 Å². The summed E-state index contributed by atoms with van der Waals surface area (Å²) in [4.78, 5) is 29.9. The Morgan fingerprint density at radius 1 is 1.18 bits per heavy atom. The van der Waals surface area contributed by atoms with Gasteiger partial charge >= 0.3 is 0 Å². The number of carbonyl (C=O) groups excluding carboxylic acids is 2. The number of H-pyrrole nitrogens is 1. The van der Waals surface area contributed by atoms with Gasteiger partial charge in [0.25, 0.3) is 5.91 Å². The maximum Gasteiger partial charge on any atom is 0.256 e. The summed E-state index contributed by atoms with van der Waals surface area (Å²) in [7, 11) is 0. The second kappa shape index (κ2) is 8.21. The molecule has 0 unspecified atom stereocenters. The number of aromatic nitrogens is 1. The lowest BCUT2D eigenvalue weighted by molar-refractivity contribution is 0.0713. The van der Waals surface area contributed by atoms with E-state index in [1.165, 1.54) is 12.5 Å². The second-order valence-electron chi connectivity index (χ2n) is 8.19. The van der Waals surface area contributed by atoms with Gasteiger partial charge in [0.1, 0.15) is 0 Å². The smallest absolute Gasteiger partial charge is 0.256 e. The molecule has 0 bridgehead atoms. The molecule has 5 nitrogen and oxygen atoms in total. The second-order valence-corrected chi connectivity index (χ2v) is 8.19. The highest BCUT2D eigenvalue weighted by Gasteiger charge is 2.28. The first-order valence-corrected chi connectivity index (χ1v) is 10.1. The molecule has 1 aromatic heterocycles. The molecule has 1 aliphatic heterocycles. The summed E-state index contributed by atoms with van der Waals surface area (Å²) in [5.74, 6) is 0.493. The Balaban J connectivity index is 1.71. The Morgan fingerprint density at radius 2 is 1.86 bits per heavy atom. The molecule has 1 aliphatic rings. The lowest BCUT2D eigenvalue weighted by Gasteiger charge is -2.34. The van der Waals surface area contributed by atoms with Gasteiger partial charge in [0, 0.05) is 37.4 Å². The van der Waals surface area contributed by atoms with Crippen molar-refractivity contribution in [2.45, 2.75) is 59.4 Å². The van der Waals surface area contributed by atoms with E-state index in [1.807, 2.05) is 18.7 Å². The zero-order valence-electron chi connectivity index (χ0n) is 17.6. The van der Waals surface area contributed by atoms with Crippen molar-refractivity contribution >= 4 is 17.4 Å². The molecule has 150 valence electrons. The Morgan fingerprint density at radius 3 is 2.43 bits per heavy atom. The quantitative estimate of drug-likeness (QED) is 0.740. The minimum Gasteiger partial charge on any atom is -0.381 e. The van der Waals surface area contributed by atoms with Crippen molar-refractivity contribution in [2.24, 2.45) is 0 Å². The van der Waals surface area contributed by atoms with E-state index >= 15 is 0 Å². The van der Waals surface area contributed by atoms with Crippen LogP contribution in [-0.4, -0.2) is 40.7 Å². The van der Waals surface area contributed by atoms with Crippen molar-refractivity contribution in [3.63, 3.8) is 0 Å². The third-order valence-electron chi connectivity index (χ3n) is 5.66. The normalized spacial score (nSPS) is 17.1. The highest BCUT2D eigenvalue weighted by molar-refractivity contribution is 6.02. The average Bonchev–Trinajstić information content (AvgIpc) is 2.96. The minimum atomic E-state index is -0.0392. The van der Waals surface area contributed by atoms with Gasteiger partial charge in [-0.25, -0.2) is 0 Å². The van der Waals surface area contributed by atoms with Crippen LogP contribution in [0.5, 0.6) is 0 Å². The van der Waals surface area contributed by atoms with Crippen LogP contribution in [0.3, 0.4) is 0 Å². The lowest BCUT2D eigenvalue weighted by atomic mass is 10.0. The molecule has 0 saturated carbocycles.